The Labute approximate surface area is 205 Å². The molecule has 0 unspecified atom stereocenters. The number of hydrogen-bond acceptors (Lipinski definition) is 3. The first-order chi connectivity index (χ1) is 15.8. The second-order valence-corrected chi connectivity index (χ2v) is 10.2. The summed E-state index contributed by atoms with van der Waals surface area (Å²) >= 11 is 11.6. The van der Waals surface area contributed by atoms with Gasteiger partial charge in [-0.15, -0.1) is 0 Å². The summed E-state index contributed by atoms with van der Waals surface area (Å²) in [5.74, 6) is -0.847. The van der Waals surface area contributed by atoms with Gasteiger partial charge >= 0.3 is 6.18 Å². The molecule has 3 aromatic carbocycles. The van der Waals surface area contributed by atoms with Crippen molar-refractivity contribution in [1.82, 2.24) is 0 Å². The number of carbonyl (C=O) groups excluding carboxylic acids is 1. The predicted molar refractivity (Wildman–Crippen MR) is 127 cm³/mol. The maximum absolute atomic E-state index is 13.4. The van der Waals surface area contributed by atoms with E-state index in [0.717, 1.165) is 15.9 Å². The molecule has 0 aliphatic carbocycles. The summed E-state index contributed by atoms with van der Waals surface area (Å²) in [4.78, 5) is 12.7. The second-order valence-electron chi connectivity index (χ2n) is 7.50. The molecule has 5 nitrogen and oxygen atoms in total. The van der Waals surface area contributed by atoms with E-state index in [1.54, 1.807) is 32.0 Å². The Morgan fingerprint density at radius 3 is 2.21 bits per heavy atom. The zero-order valence-electron chi connectivity index (χ0n) is 18.0. The van der Waals surface area contributed by atoms with Crippen molar-refractivity contribution in [3.63, 3.8) is 0 Å². The van der Waals surface area contributed by atoms with Gasteiger partial charge in [-0.1, -0.05) is 40.9 Å². The third-order valence-electron chi connectivity index (χ3n) is 4.88. The van der Waals surface area contributed by atoms with Crippen LogP contribution in [0, 0.1) is 13.8 Å². The number of benzene rings is 3. The highest BCUT2D eigenvalue weighted by molar-refractivity contribution is 7.92. The molecular formula is C23H19Cl2F3N2O3S. The first kappa shape index (κ1) is 25.9. The monoisotopic (exact) mass is 530 g/mol. The van der Waals surface area contributed by atoms with Gasteiger partial charge in [0.25, 0.3) is 10.0 Å². The average Bonchev–Trinajstić information content (AvgIpc) is 2.73. The molecule has 0 saturated heterocycles. The van der Waals surface area contributed by atoms with Crippen molar-refractivity contribution < 1.29 is 26.4 Å². The van der Waals surface area contributed by atoms with Crippen LogP contribution in [-0.2, 0) is 21.0 Å². The number of amides is 1. The molecule has 34 heavy (non-hydrogen) atoms. The van der Waals surface area contributed by atoms with Gasteiger partial charge in [-0.2, -0.15) is 13.2 Å². The molecule has 0 aliphatic rings. The number of hydrogen-bond donors (Lipinski definition) is 1. The second kappa shape index (κ2) is 9.85. The molecule has 180 valence electrons. The Bertz CT molecular complexity index is 1330. The largest absolute Gasteiger partial charge is 0.417 e. The third-order valence-corrected chi connectivity index (χ3v) is 7.22. The molecule has 0 heterocycles. The van der Waals surface area contributed by atoms with E-state index in [4.69, 9.17) is 23.2 Å². The van der Waals surface area contributed by atoms with Gasteiger partial charge in [0.15, 0.2) is 0 Å². The number of rotatable bonds is 6. The smallest absolute Gasteiger partial charge is 0.324 e. The van der Waals surface area contributed by atoms with Crippen LogP contribution in [0.5, 0.6) is 0 Å². The summed E-state index contributed by atoms with van der Waals surface area (Å²) in [6.07, 6.45) is -4.72. The number of carbonyl (C=O) groups is 1. The highest BCUT2D eigenvalue weighted by atomic mass is 35.5. The lowest BCUT2D eigenvalue weighted by Crippen LogP contribution is -2.38. The van der Waals surface area contributed by atoms with E-state index in [9.17, 15) is 26.4 Å². The van der Waals surface area contributed by atoms with Crippen LogP contribution in [-0.4, -0.2) is 20.9 Å². The molecule has 0 aromatic heterocycles. The topological polar surface area (TPSA) is 66.5 Å². The predicted octanol–water partition coefficient (Wildman–Crippen LogP) is 6.46. The highest BCUT2D eigenvalue weighted by Crippen LogP contribution is 2.36. The Hall–Kier alpha value is -2.75. The van der Waals surface area contributed by atoms with E-state index >= 15 is 0 Å². The van der Waals surface area contributed by atoms with E-state index in [2.05, 4.69) is 5.32 Å². The molecule has 0 aliphatic heterocycles. The normalized spacial score (nSPS) is 11.9. The maximum atomic E-state index is 13.4. The van der Waals surface area contributed by atoms with E-state index in [1.807, 2.05) is 0 Å². The van der Waals surface area contributed by atoms with E-state index in [0.29, 0.717) is 16.7 Å². The number of anilines is 2. The number of sulfonamides is 1. The van der Waals surface area contributed by atoms with Crippen LogP contribution in [0.25, 0.3) is 0 Å². The first-order valence-electron chi connectivity index (χ1n) is 9.81. The molecule has 0 bridgehead atoms. The van der Waals surface area contributed by atoms with Crippen molar-refractivity contribution in [2.24, 2.45) is 0 Å². The lowest BCUT2D eigenvalue weighted by Gasteiger charge is -2.26. The molecule has 3 rings (SSSR count). The quantitative estimate of drug-likeness (QED) is 0.397. The van der Waals surface area contributed by atoms with Crippen LogP contribution in [0.15, 0.2) is 65.6 Å². The van der Waals surface area contributed by atoms with Crippen molar-refractivity contribution in [3.05, 3.63) is 87.4 Å². The molecule has 3 aromatic rings. The van der Waals surface area contributed by atoms with Gasteiger partial charge in [0.05, 0.1) is 21.2 Å². The first-order valence-corrected chi connectivity index (χ1v) is 12.0. The Kier molecular flexibility index (Phi) is 7.50. The van der Waals surface area contributed by atoms with Crippen LogP contribution in [0.2, 0.25) is 10.0 Å². The SMILES string of the molecule is Cc1ccc(S(=O)(=O)N(CC(=O)Nc2ccc(Cl)c(C(F)(F)F)c2)c2ccc(Cl)cc2C)cc1. The van der Waals surface area contributed by atoms with Crippen molar-refractivity contribution in [2.75, 3.05) is 16.2 Å². The standard InChI is InChI=1S/C23H19Cl2F3N2O3S/c1-14-3-7-18(8-4-14)34(32,33)30(21-10-5-16(24)11-15(21)2)13-22(31)29-17-6-9-20(25)19(12-17)23(26,27)28/h3-12H,13H2,1-2H3,(H,29,31). The molecule has 0 spiro atoms. The number of aryl methyl sites for hydroxylation is 2. The minimum atomic E-state index is -4.72. The van der Waals surface area contributed by atoms with E-state index < -0.39 is 39.2 Å². The number of nitrogens with zero attached hydrogens (tertiary/aromatic N) is 1. The van der Waals surface area contributed by atoms with E-state index in [1.165, 1.54) is 30.3 Å². The molecule has 0 atom stereocenters. The fourth-order valence-electron chi connectivity index (χ4n) is 3.19. The van der Waals surface area contributed by atoms with Crippen molar-refractivity contribution in [2.45, 2.75) is 24.9 Å². The third kappa shape index (κ3) is 5.84. The number of halogens is 5. The molecule has 0 saturated carbocycles. The average molecular weight is 531 g/mol. The minimum Gasteiger partial charge on any atom is -0.324 e. The fourth-order valence-corrected chi connectivity index (χ4v) is 5.12. The van der Waals surface area contributed by atoms with Crippen LogP contribution < -0.4 is 9.62 Å². The summed E-state index contributed by atoms with van der Waals surface area (Å²) in [5, 5.41) is 2.17. The zero-order chi connectivity index (χ0) is 25.3. The van der Waals surface area contributed by atoms with Gasteiger partial charge in [-0.05, 0) is 67.9 Å². The van der Waals surface area contributed by atoms with Gasteiger partial charge in [0.2, 0.25) is 5.91 Å². The molecule has 0 fully saturated rings. The lowest BCUT2D eigenvalue weighted by molar-refractivity contribution is -0.137. The van der Waals surface area contributed by atoms with Crippen molar-refractivity contribution >= 4 is 50.5 Å². The van der Waals surface area contributed by atoms with Crippen LogP contribution in [0.4, 0.5) is 24.5 Å². The Balaban J connectivity index is 1.98. The van der Waals surface area contributed by atoms with Gasteiger partial charge in [0, 0.05) is 10.7 Å². The lowest BCUT2D eigenvalue weighted by atomic mass is 10.2. The summed E-state index contributed by atoms with van der Waals surface area (Å²) < 4.78 is 67.2. The van der Waals surface area contributed by atoms with Crippen molar-refractivity contribution in [3.8, 4) is 0 Å². The summed E-state index contributed by atoms with van der Waals surface area (Å²) in [7, 11) is -4.20. The van der Waals surface area contributed by atoms with Gasteiger partial charge < -0.3 is 5.32 Å². The molecule has 1 amide bonds. The molecular weight excluding hydrogens is 512 g/mol. The minimum absolute atomic E-state index is 0.0499. The molecule has 1 N–H and O–H groups in total. The number of alkyl halides is 3. The summed E-state index contributed by atoms with van der Waals surface area (Å²) in [6.45, 7) is 2.74. The molecule has 0 radical (unpaired) electrons. The van der Waals surface area contributed by atoms with Crippen LogP contribution in [0.1, 0.15) is 16.7 Å². The summed E-state index contributed by atoms with van der Waals surface area (Å²) in [6, 6.07) is 13.4. The van der Waals surface area contributed by atoms with Crippen molar-refractivity contribution in [1.29, 1.82) is 0 Å². The van der Waals surface area contributed by atoms with Gasteiger partial charge in [0.1, 0.15) is 6.54 Å². The number of nitrogens with one attached hydrogen (secondary N) is 1. The van der Waals surface area contributed by atoms with Crippen LogP contribution >= 0.6 is 23.2 Å². The molecule has 11 heteroatoms. The van der Waals surface area contributed by atoms with E-state index in [-0.39, 0.29) is 16.3 Å². The van der Waals surface area contributed by atoms with Gasteiger partial charge in [-0.25, -0.2) is 8.42 Å². The highest BCUT2D eigenvalue weighted by Gasteiger charge is 2.34. The van der Waals surface area contributed by atoms with Gasteiger partial charge in [-0.3, -0.25) is 9.10 Å². The maximum Gasteiger partial charge on any atom is 0.417 e. The Morgan fingerprint density at radius 1 is 0.971 bits per heavy atom. The van der Waals surface area contributed by atoms with Crippen LogP contribution in [0.3, 0.4) is 0 Å². The summed E-state index contributed by atoms with van der Waals surface area (Å²) in [5.41, 5.74) is 0.232. The zero-order valence-corrected chi connectivity index (χ0v) is 20.3. The Morgan fingerprint density at radius 2 is 1.62 bits per heavy atom. The fraction of sp³-hybridized carbons (Fsp3) is 0.174.